The van der Waals surface area contributed by atoms with Gasteiger partial charge in [0.25, 0.3) is 5.56 Å². The highest BCUT2D eigenvalue weighted by molar-refractivity contribution is 7.07. The van der Waals surface area contributed by atoms with E-state index in [1.807, 2.05) is 42.5 Å². The molecule has 49 heavy (non-hydrogen) atoms. The maximum absolute atomic E-state index is 14.4. The van der Waals surface area contributed by atoms with E-state index in [9.17, 15) is 22.8 Å². The summed E-state index contributed by atoms with van der Waals surface area (Å²) in [6.07, 6.45) is -3.54. The van der Waals surface area contributed by atoms with Gasteiger partial charge in [-0.1, -0.05) is 89.1 Å². The van der Waals surface area contributed by atoms with Gasteiger partial charge in [0.1, 0.15) is 6.61 Å². The third-order valence-electron chi connectivity index (χ3n) is 7.66. The van der Waals surface area contributed by atoms with Gasteiger partial charge in [0.15, 0.2) is 22.0 Å². The van der Waals surface area contributed by atoms with E-state index in [0.717, 1.165) is 32.2 Å². The number of benzene rings is 4. The first kappa shape index (κ1) is 34.3. The Balaban J connectivity index is 1.45. The fraction of sp³-hybridized carbons (Fsp3) is 0.194. The van der Waals surface area contributed by atoms with Crippen LogP contribution in [0.4, 0.5) is 13.2 Å². The summed E-state index contributed by atoms with van der Waals surface area (Å²) >= 11 is 13.5. The van der Waals surface area contributed by atoms with Crippen molar-refractivity contribution in [2.45, 2.75) is 32.7 Å². The van der Waals surface area contributed by atoms with E-state index in [-0.39, 0.29) is 39.7 Å². The lowest BCUT2D eigenvalue weighted by Crippen LogP contribution is -2.41. The number of hydrogen-bond acceptors (Lipinski definition) is 7. The van der Waals surface area contributed by atoms with E-state index < -0.39 is 35.0 Å². The Morgan fingerprint density at radius 1 is 0.980 bits per heavy atom. The van der Waals surface area contributed by atoms with Crippen LogP contribution in [0, 0.1) is 0 Å². The van der Waals surface area contributed by atoms with Crippen LogP contribution in [0.25, 0.3) is 16.8 Å². The van der Waals surface area contributed by atoms with Crippen LogP contribution in [-0.2, 0) is 16.1 Å². The summed E-state index contributed by atoms with van der Waals surface area (Å²) < 4.78 is 61.5. The molecule has 0 bridgehead atoms. The van der Waals surface area contributed by atoms with Crippen LogP contribution in [0.3, 0.4) is 0 Å². The van der Waals surface area contributed by atoms with Crippen LogP contribution < -0.4 is 24.4 Å². The summed E-state index contributed by atoms with van der Waals surface area (Å²) in [5.41, 5.74) is -1.32. The Hall–Kier alpha value is -4.58. The number of esters is 1. The number of allylic oxidation sites excluding steroid dienone is 1. The summed E-state index contributed by atoms with van der Waals surface area (Å²) in [4.78, 5) is 30.6. The first-order chi connectivity index (χ1) is 23.5. The number of alkyl halides is 3. The first-order valence-electron chi connectivity index (χ1n) is 15.1. The third-order valence-corrected chi connectivity index (χ3v) is 9.18. The van der Waals surface area contributed by atoms with E-state index in [4.69, 9.17) is 37.4 Å². The van der Waals surface area contributed by atoms with Crippen molar-refractivity contribution in [1.29, 1.82) is 0 Å². The third kappa shape index (κ3) is 6.96. The van der Waals surface area contributed by atoms with Crippen LogP contribution in [-0.4, -0.2) is 29.9 Å². The van der Waals surface area contributed by atoms with Gasteiger partial charge in [0.2, 0.25) is 0 Å². The zero-order valence-corrected chi connectivity index (χ0v) is 28.3. The molecule has 252 valence electrons. The average Bonchev–Trinajstić information content (AvgIpc) is 3.38. The molecule has 0 spiro atoms. The van der Waals surface area contributed by atoms with Crippen molar-refractivity contribution in [2.75, 3.05) is 13.2 Å². The van der Waals surface area contributed by atoms with Gasteiger partial charge in [-0.25, -0.2) is 9.79 Å². The van der Waals surface area contributed by atoms with Gasteiger partial charge in [-0.05, 0) is 71.7 Å². The van der Waals surface area contributed by atoms with E-state index in [2.05, 4.69) is 4.99 Å². The van der Waals surface area contributed by atoms with Crippen molar-refractivity contribution < 1.29 is 32.2 Å². The Labute approximate surface area is 292 Å². The molecule has 0 unspecified atom stereocenters. The number of ether oxygens (including phenoxy) is 3. The molecule has 5 aromatic rings. The molecular weight excluding hydrogens is 700 g/mol. The van der Waals surface area contributed by atoms with Crippen molar-refractivity contribution in [3.8, 4) is 11.5 Å². The summed E-state index contributed by atoms with van der Waals surface area (Å²) in [5.74, 6) is -0.621. The minimum Gasteiger partial charge on any atom is -0.490 e. The molecule has 0 radical (unpaired) electrons. The molecule has 0 fully saturated rings. The van der Waals surface area contributed by atoms with Crippen LogP contribution in [0.5, 0.6) is 11.5 Å². The molecule has 0 N–H and O–H groups in total. The molecule has 1 atom stereocenters. The lowest BCUT2D eigenvalue weighted by molar-refractivity contribution is -0.140. The average molecular weight is 728 g/mol. The number of aromatic nitrogens is 1. The number of nitrogens with zero attached hydrogens (tertiary/aromatic N) is 2. The molecule has 1 aromatic heterocycles. The second-order valence-corrected chi connectivity index (χ2v) is 12.7. The van der Waals surface area contributed by atoms with Crippen LogP contribution in [0.15, 0.2) is 99.9 Å². The standard InChI is InChI=1S/C36H27Cl2F3N2O5S/c1-3-46-27-17-20(16-26(38)31(27)48-19-23-10-7-9-21-8-5-6-11-25(21)23)18-28-33(44)43-30(22-12-14-24(37)15-13-22)29(34(45)47-4-2)32(36(39,40)41)42-35(43)49-28/h5-18,30H,3-4,19H2,1-2H3/b28-18-/t30-/m1/s1. The number of carbonyl (C=O) groups excluding carboxylic acids is 1. The number of hydrogen-bond donors (Lipinski definition) is 0. The highest BCUT2D eigenvalue weighted by Gasteiger charge is 2.45. The first-order valence-corrected chi connectivity index (χ1v) is 16.7. The van der Waals surface area contributed by atoms with E-state index in [0.29, 0.717) is 22.1 Å². The van der Waals surface area contributed by atoms with Gasteiger partial charge in [0, 0.05) is 5.02 Å². The highest BCUT2D eigenvalue weighted by atomic mass is 35.5. The van der Waals surface area contributed by atoms with E-state index >= 15 is 0 Å². The fourth-order valence-electron chi connectivity index (χ4n) is 5.59. The van der Waals surface area contributed by atoms with Gasteiger partial charge in [-0.2, -0.15) is 13.2 Å². The number of carbonyl (C=O) groups is 1. The second-order valence-electron chi connectivity index (χ2n) is 10.8. The smallest absolute Gasteiger partial charge is 0.434 e. The summed E-state index contributed by atoms with van der Waals surface area (Å²) in [6, 6.07) is 21.4. The van der Waals surface area contributed by atoms with E-state index in [1.165, 1.54) is 37.3 Å². The highest BCUT2D eigenvalue weighted by Crippen LogP contribution is 2.40. The molecule has 0 amide bonds. The Morgan fingerprint density at radius 3 is 2.43 bits per heavy atom. The number of fused-ring (bicyclic) bond motifs is 2. The second kappa shape index (κ2) is 14.1. The zero-order valence-electron chi connectivity index (χ0n) is 26.0. The molecule has 0 saturated heterocycles. The maximum atomic E-state index is 14.4. The predicted octanol–water partition coefficient (Wildman–Crippen LogP) is 7.78. The van der Waals surface area contributed by atoms with Crippen LogP contribution >= 0.6 is 34.5 Å². The van der Waals surface area contributed by atoms with Crippen molar-refractivity contribution in [3.63, 3.8) is 0 Å². The van der Waals surface area contributed by atoms with E-state index in [1.54, 1.807) is 19.1 Å². The van der Waals surface area contributed by atoms with Crippen LogP contribution in [0.1, 0.15) is 36.6 Å². The quantitative estimate of drug-likeness (QED) is 0.145. The molecule has 1 aliphatic heterocycles. The van der Waals surface area contributed by atoms with Crippen molar-refractivity contribution in [2.24, 2.45) is 4.99 Å². The monoisotopic (exact) mass is 726 g/mol. The van der Waals surface area contributed by atoms with Crippen molar-refractivity contribution >= 4 is 57.4 Å². The van der Waals surface area contributed by atoms with Crippen molar-refractivity contribution in [1.82, 2.24) is 4.57 Å². The molecule has 13 heteroatoms. The number of rotatable bonds is 9. The SMILES string of the molecule is CCOC(=O)C1=C(C(F)(F)F)N=c2s/c(=C\c3cc(Cl)c(OCc4cccc5ccccc45)c(OCC)c3)c(=O)n2[C@@H]1c1ccc(Cl)cc1. The predicted molar refractivity (Wildman–Crippen MR) is 183 cm³/mol. The zero-order chi connectivity index (χ0) is 34.9. The Bertz CT molecular complexity index is 2280. The lowest BCUT2D eigenvalue weighted by atomic mass is 9.95. The molecule has 1 aliphatic rings. The number of halogens is 5. The van der Waals surface area contributed by atoms with Crippen molar-refractivity contribution in [3.05, 3.63) is 137 Å². The van der Waals surface area contributed by atoms with Gasteiger partial charge in [-0.3, -0.25) is 9.36 Å². The van der Waals surface area contributed by atoms with Gasteiger partial charge in [0.05, 0.1) is 34.4 Å². The Kier molecular flexibility index (Phi) is 9.87. The van der Waals surface area contributed by atoms with Gasteiger partial charge < -0.3 is 14.2 Å². The molecule has 6 rings (SSSR count). The normalized spacial score (nSPS) is 14.8. The molecule has 0 saturated carbocycles. The molecule has 0 aliphatic carbocycles. The summed E-state index contributed by atoms with van der Waals surface area (Å²) in [5, 5.41) is 2.61. The Morgan fingerprint density at radius 2 is 1.71 bits per heavy atom. The minimum atomic E-state index is -5.02. The molecule has 2 heterocycles. The fourth-order valence-corrected chi connectivity index (χ4v) is 7.00. The molecule has 7 nitrogen and oxygen atoms in total. The topological polar surface area (TPSA) is 79.1 Å². The summed E-state index contributed by atoms with van der Waals surface area (Å²) in [7, 11) is 0. The maximum Gasteiger partial charge on any atom is 0.434 e. The van der Waals surface area contributed by atoms with Gasteiger partial charge >= 0.3 is 12.1 Å². The molecular formula is C36H27Cl2F3N2O5S. The summed E-state index contributed by atoms with van der Waals surface area (Å²) in [6.45, 7) is 3.57. The van der Waals surface area contributed by atoms with Gasteiger partial charge in [-0.15, -0.1) is 0 Å². The lowest BCUT2D eigenvalue weighted by Gasteiger charge is -2.26. The van der Waals surface area contributed by atoms with Crippen LogP contribution in [0.2, 0.25) is 10.0 Å². The minimum absolute atomic E-state index is 0.0484. The number of thiazole rings is 1. The largest absolute Gasteiger partial charge is 0.490 e. The molecule has 4 aromatic carbocycles.